The van der Waals surface area contributed by atoms with Crippen LogP contribution in [0.5, 0.6) is 5.75 Å². The van der Waals surface area contributed by atoms with E-state index in [4.69, 9.17) is 14.2 Å². The molecule has 10 nitrogen and oxygen atoms in total. The molecule has 0 saturated heterocycles. The van der Waals surface area contributed by atoms with Crippen LogP contribution in [0.4, 0.5) is 11.4 Å². The molecule has 140 valence electrons. The third-order valence-electron chi connectivity index (χ3n) is 3.97. The van der Waals surface area contributed by atoms with Crippen molar-refractivity contribution in [2.24, 2.45) is 0 Å². The number of carbonyl (C=O) groups is 1. The van der Waals surface area contributed by atoms with Crippen molar-refractivity contribution in [3.8, 4) is 5.75 Å². The smallest absolute Gasteiger partial charge is 0.338 e. The minimum Gasteiger partial charge on any atom is -0.467 e. The summed E-state index contributed by atoms with van der Waals surface area (Å²) in [6, 6.07) is 6.49. The van der Waals surface area contributed by atoms with Gasteiger partial charge in [-0.2, -0.15) is 0 Å². The van der Waals surface area contributed by atoms with Crippen molar-refractivity contribution in [1.29, 1.82) is 0 Å². The molecule has 27 heavy (non-hydrogen) atoms. The van der Waals surface area contributed by atoms with Crippen LogP contribution < -0.4 is 4.74 Å². The number of non-ortho nitro benzene ring substituents is 1. The number of hydrogen-bond acceptors (Lipinski definition) is 8. The lowest BCUT2D eigenvalue weighted by molar-refractivity contribution is -0.385. The van der Waals surface area contributed by atoms with E-state index in [0.29, 0.717) is 22.4 Å². The van der Waals surface area contributed by atoms with Gasteiger partial charge in [0.05, 0.1) is 22.0 Å². The van der Waals surface area contributed by atoms with Gasteiger partial charge in [0.1, 0.15) is 12.4 Å². The highest BCUT2D eigenvalue weighted by atomic mass is 16.7. The van der Waals surface area contributed by atoms with E-state index >= 15 is 0 Å². The first kappa shape index (κ1) is 18.3. The van der Waals surface area contributed by atoms with Gasteiger partial charge in [-0.1, -0.05) is 0 Å². The monoisotopic (exact) mass is 374 g/mol. The number of nitrogens with zero attached hydrogens (tertiary/aromatic N) is 2. The number of nitro benzene ring substituents is 2. The summed E-state index contributed by atoms with van der Waals surface area (Å²) in [7, 11) is 0. The number of carbonyl (C=O) groups excluding carboxylic acids is 1. The van der Waals surface area contributed by atoms with Crippen LogP contribution in [0.3, 0.4) is 0 Å². The number of nitro groups is 2. The fourth-order valence-electron chi connectivity index (χ4n) is 2.71. The largest absolute Gasteiger partial charge is 0.467 e. The average molecular weight is 374 g/mol. The molecular formula is C17H14N2O8. The van der Waals surface area contributed by atoms with Gasteiger partial charge in [0.15, 0.2) is 6.79 Å². The van der Waals surface area contributed by atoms with E-state index in [1.807, 2.05) is 0 Å². The molecule has 0 saturated carbocycles. The van der Waals surface area contributed by atoms with Crippen molar-refractivity contribution in [2.45, 2.75) is 20.1 Å². The Morgan fingerprint density at radius 1 is 1.19 bits per heavy atom. The fourth-order valence-corrected chi connectivity index (χ4v) is 2.71. The predicted octanol–water partition coefficient (Wildman–Crippen LogP) is 3.03. The summed E-state index contributed by atoms with van der Waals surface area (Å²) in [5, 5.41) is 21.9. The van der Waals surface area contributed by atoms with E-state index in [2.05, 4.69) is 0 Å². The first-order valence-corrected chi connectivity index (χ1v) is 7.79. The van der Waals surface area contributed by atoms with Gasteiger partial charge in [-0.05, 0) is 19.1 Å². The van der Waals surface area contributed by atoms with Crippen LogP contribution in [0.25, 0.3) is 0 Å². The van der Waals surface area contributed by atoms with Crippen LogP contribution in [0.15, 0.2) is 30.3 Å². The van der Waals surface area contributed by atoms with Crippen LogP contribution in [0, 0.1) is 27.2 Å². The van der Waals surface area contributed by atoms with Crippen molar-refractivity contribution >= 4 is 17.3 Å². The quantitative estimate of drug-likeness (QED) is 0.443. The number of ether oxygens (including phenoxy) is 3. The number of hydrogen-bond donors (Lipinski definition) is 0. The molecular weight excluding hydrogens is 360 g/mol. The summed E-state index contributed by atoms with van der Waals surface area (Å²) >= 11 is 0. The summed E-state index contributed by atoms with van der Waals surface area (Å²) in [5.74, 6) is -0.320. The molecule has 0 aliphatic carbocycles. The number of esters is 1. The lowest BCUT2D eigenvalue weighted by Gasteiger charge is -2.20. The number of aryl methyl sites for hydroxylation is 1. The van der Waals surface area contributed by atoms with E-state index in [-0.39, 0.29) is 36.9 Å². The molecule has 1 aliphatic heterocycles. The third kappa shape index (κ3) is 3.85. The van der Waals surface area contributed by atoms with Gasteiger partial charge in [-0.3, -0.25) is 20.2 Å². The molecule has 3 rings (SSSR count). The van der Waals surface area contributed by atoms with Crippen molar-refractivity contribution in [2.75, 3.05) is 6.79 Å². The standard InChI is InChI=1S/C17H14N2O8/c1-10-4-11(2-3-15(10)19(23)24)17(20)26-8-13-6-14(18(21)22)5-12-7-25-9-27-16(12)13/h2-6H,7-9H2,1H3. The second-order valence-corrected chi connectivity index (χ2v) is 5.80. The summed E-state index contributed by atoms with van der Waals surface area (Å²) in [6.45, 7) is 1.41. The zero-order valence-corrected chi connectivity index (χ0v) is 14.2. The van der Waals surface area contributed by atoms with E-state index in [9.17, 15) is 25.0 Å². The van der Waals surface area contributed by atoms with Gasteiger partial charge >= 0.3 is 5.97 Å². The summed E-state index contributed by atoms with van der Waals surface area (Å²) in [6.07, 6.45) is 0. The SMILES string of the molecule is Cc1cc(C(=O)OCc2cc([N+](=O)[O-])cc3c2OCOC3)ccc1[N+](=O)[O-]. The van der Waals surface area contributed by atoms with E-state index in [1.165, 1.54) is 37.3 Å². The van der Waals surface area contributed by atoms with Crippen LogP contribution in [-0.4, -0.2) is 22.6 Å². The molecule has 2 aromatic carbocycles. The Balaban J connectivity index is 1.81. The molecule has 0 spiro atoms. The molecule has 0 atom stereocenters. The second kappa shape index (κ2) is 7.38. The maximum absolute atomic E-state index is 12.2. The minimum atomic E-state index is -0.708. The van der Waals surface area contributed by atoms with Crippen LogP contribution in [-0.2, 0) is 22.7 Å². The molecule has 0 N–H and O–H groups in total. The molecule has 0 fully saturated rings. The number of fused-ring (bicyclic) bond motifs is 1. The molecule has 1 aliphatic rings. The first-order valence-electron chi connectivity index (χ1n) is 7.79. The van der Waals surface area contributed by atoms with Gasteiger partial charge in [0.25, 0.3) is 11.4 Å². The third-order valence-corrected chi connectivity index (χ3v) is 3.97. The van der Waals surface area contributed by atoms with Crippen molar-refractivity contribution in [1.82, 2.24) is 0 Å². The van der Waals surface area contributed by atoms with E-state index in [1.54, 1.807) is 0 Å². The van der Waals surface area contributed by atoms with E-state index < -0.39 is 15.8 Å². The maximum atomic E-state index is 12.2. The van der Waals surface area contributed by atoms with Gasteiger partial charge < -0.3 is 14.2 Å². The molecule has 0 unspecified atom stereocenters. The van der Waals surface area contributed by atoms with Gasteiger partial charge in [0.2, 0.25) is 0 Å². The Bertz CT molecular complexity index is 941. The van der Waals surface area contributed by atoms with Crippen molar-refractivity contribution in [3.63, 3.8) is 0 Å². The normalized spacial score (nSPS) is 12.6. The first-order chi connectivity index (χ1) is 12.9. The zero-order valence-electron chi connectivity index (χ0n) is 14.2. The van der Waals surface area contributed by atoms with E-state index in [0.717, 1.165) is 0 Å². The lowest BCUT2D eigenvalue weighted by atomic mass is 10.1. The highest BCUT2D eigenvalue weighted by molar-refractivity contribution is 5.90. The van der Waals surface area contributed by atoms with Crippen molar-refractivity contribution < 1.29 is 28.9 Å². The predicted molar refractivity (Wildman–Crippen MR) is 90.3 cm³/mol. The van der Waals surface area contributed by atoms with Crippen LogP contribution in [0.2, 0.25) is 0 Å². The summed E-state index contributed by atoms with van der Waals surface area (Å²) in [4.78, 5) is 33.1. The highest BCUT2D eigenvalue weighted by Crippen LogP contribution is 2.33. The van der Waals surface area contributed by atoms with Gasteiger partial charge in [-0.25, -0.2) is 4.79 Å². The highest BCUT2D eigenvalue weighted by Gasteiger charge is 2.22. The van der Waals surface area contributed by atoms with Gasteiger partial charge in [0, 0.05) is 34.9 Å². The fraction of sp³-hybridized carbons (Fsp3) is 0.235. The lowest BCUT2D eigenvalue weighted by Crippen LogP contribution is -2.15. The number of benzene rings is 2. The molecule has 2 aromatic rings. The molecule has 1 heterocycles. The molecule has 0 aromatic heterocycles. The molecule has 0 amide bonds. The Morgan fingerprint density at radius 3 is 2.63 bits per heavy atom. The zero-order chi connectivity index (χ0) is 19.6. The average Bonchev–Trinajstić information content (AvgIpc) is 2.65. The molecule has 10 heteroatoms. The molecule has 0 bridgehead atoms. The Morgan fingerprint density at radius 2 is 1.96 bits per heavy atom. The molecule has 0 radical (unpaired) electrons. The Hall–Kier alpha value is -3.53. The van der Waals surface area contributed by atoms with Crippen LogP contribution >= 0.6 is 0 Å². The van der Waals surface area contributed by atoms with Gasteiger partial charge in [-0.15, -0.1) is 0 Å². The topological polar surface area (TPSA) is 131 Å². The van der Waals surface area contributed by atoms with Crippen molar-refractivity contribution in [3.05, 3.63) is 72.8 Å². The Kier molecular flexibility index (Phi) is 4.99. The minimum absolute atomic E-state index is 0.00664. The van der Waals surface area contributed by atoms with Crippen LogP contribution in [0.1, 0.15) is 27.0 Å². The number of rotatable bonds is 5. The Labute approximate surface area is 152 Å². The summed E-state index contributed by atoms with van der Waals surface area (Å²) < 4.78 is 15.7. The second-order valence-electron chi connectivity index (χ2n) is 5.80. The summed E-state index contributed by atoms with van der Waals surface area (Å²) in [5.41, 5.74) is 1.03. The maximum Gasteiger partial charge on any atom is 0.338 e.